The topological polar surface area (TPSA) is 29.1 Å². The molecule has 116 valence electrons. The summed E-state index contributed by atoms with van der Waals surface area (Å²) in [5.74, 6) is -2.50. The summed E-state index contributed by atoms with van der Waals surface area (Å²) in [6.45, 7) is -0.0833. The van der Waals surface area contributed by atoms with Crippen molar-refractivity contribution in [2.24, 2.45) is 0 Å². The molecule has 0 spiro atoms. The molecular formula is C15H10Cl2F3NO. The van der Waals surface area contributed by atoms with Gasteiger partial charge in [0.05, 0.1) is 22.2 Å². The molecule has 0 amide bonds. The highest BCUT2D eigenvalue weighted by atomic mass is 35.5. The second-order valence-electron chi connectivity index (χ2n) is 4.55. The van der Waals surface area contributed by atoms with Crippen LogP contribution in [0.25, 0.3) is 0 Å². The Morgan fingerprint density at radius 3 is 1.95 bits per heavy atom. The first-order chi connectivity index (χ1) is 10.4. The first kappa shape index (κ1) is 16.8. The standard InChI is InChI=1S/C15H10Cl2F3NO/c16-12-4-11(20)5-13(17)15(12)14(22)7-21-6-8-1-9(18)3-10(19)2-8/h1-5,21H,6-7H2. The third-order valence-electron chi connectivity index (χ3n) is 2.82. The van der Waals surface area contributed by atoms with Gasteiger partial charge in [-0.05, 0) is 29.8 Å². The molecule has 0 atom stereocenters. The number of nitrogens with one attached hydrogen (secondary N) is 1. The summed E-state index contributed by atoms with van der Waals surface area (Å²) in [5.41, 5.74) is 0.351. The quantitative estimate of drug-likeness (QED) is 0.813. The Balaban J connectivity index is 2.02. The Hall–Kier alpha value is -1.56. The predicted molar refractivity (Wildman–Crippen MR) is 78.8 cm³/mol. The van der Waals surface area contributed by atoms with E-state index in [0.717, 1.165) is 30.3 Å². The van der Waals surface area contributed by atoms with E-state index in [-0.39, 0.29) is 28.7 Å². The molecule has 0 heterocycles. The van der Waals surface area contributed by atoms with Crippen molar-refractivity contribution in [3.8, 4) is 0 Å². The summed E-state index contributed by atoms with van der Waals surface area (Å²) in [7, 11) is 0. The molecule has 2 aromatic rings. The van der Waals surface area contributed by atoms with E-state index in [4.69, 9.17) is 23.2 Å². The Bertz CT molecular complexity index is 679. The van der Waals surface area contributed by atoms with Gasteiger partial charge in [0, 0.05) is 12.6 Å². The van der Waals surface area contributed by atoms with Gasteiger partial charge in [-0.25, -0.2) is 13.2 Å². The average Bonchev–Trinajstić information content (AvgIpc) is 2.36. The van der Waals surface area contributed by atoms with E-state index in [9.17, 15) is 18.0 Å². The van der Waals surface area contributed by atoms with Gasteiger partial charge < -0.3 is 5.32 Å². The summed E-state index contributed by atoms with van der Waals surface area (Å²) < 4.78 is 39.1. The molecule has 0 fully saturated rings. The van der Waals surface area contributed by atoms with Gasteiger partial charge >= 0.3 is 0 Å². The molecule has 0 saturated carbocycles. The molecule has 0 saturated heterocycles. The first-order valence-corrected chi connectivity index (χ1v) is 6.96. The first-order valence-electron chi connectivity index (χ1n) is 6.20. The summed E-state index contributed by atoms with van der Waals surface area (Å²) in [6, 6.07) is 5.04. The molecule has 2 rings (SSSR count). The largest absolute Gasteiger partial charge is 0.306 e. The number of hydrogen-bond acceptors (Lipinski definition) is 2. The molecule has 0 aromatic heterocycles. The maximum atomic E-state index is 13.1. The van der Waals surface area contributed by atoms with Crippen LogP contribution in [0.3, 0.4) is 0 Å². The zero-order chi connectivity index (χ0) is 16.3. The van der Waals surface area contributed by atoms with Crippen molar-refractivity contribution in [1.82, 2.24) is 5.32 Å². The molecule has 0 bridgehead atoms. The van der Waals surface area contributed by atoms with Crippen molar-refractivity contribution >= 4 is 29.0 Å². The lowest BCUT2D eigenvalue weighted by Crippen LogP contribution is -2.23. The van der Waals surface area contributed by atoms with Gasteiger partial charge in [-0.3, -0.25) is 4.79 Å². The molecule has 0 aliphatic rings. The lowest BCUT2D eigenvalue weighted by atomic mass is 10.1. The van der Waals surface area contributed by atoms with Gasteiger partial charge in [0.2, 0.25) is 0 Å². The van der Waals surface area contributed by atoms with Gasteiger partial charge in [-0.2, -0.15) is 0 Å². The molecule has 0 aliphatic carbocycles. The second kappa shape index (κ2) is 7.13. The highest BCUT2D eigenvalue weighted by Gasteiger charge is 2.16. The fourth-order valence-electron chi connectivity index (χ4n) is 1.93. The number of rotatable bonds is 5. The number of ketones is 1. The average molecular weight is 348 g/mol. The Kier molecular flexibility index (Phi) is 5.45. The number of Topliss-reactive ketones (excluding diaryl/α,β-unsaturated/α-hetero) is 1. The van der Waals surface area contributed by atoms with Gasteiger partial charge in [-0.1, -0.05) is 23.2 Å². The van der Waals surface area contributed by atoms with E-state index in [1.807, 2.05) is 0 Å². The predicted octanol–water partition coefficient (Wildman–Crippen LogP) is 4.38. The SMILES string of the molecule is O=C(CNCc1cc(F)cc(F)c1)c1c(Cl)cc(F)cc1Cl. The normalized spacial score (nSPS) is 10.8. The van der Waals surface area contributed by atoms with Crippen molar-refractivity contribution < 1.29 is 18.0 Å². The molecule has 0 radical (unpaired) electrons. The molecule has 2 aromatic carbocycles. The lowest BCUT2D eigenvalue weighted by molar-refractivity contribution is 0.0991. The minimum atomic E-state index is -0.701. The van der Waals surface area contributed by atoms with Crippen molar-refractivity contribution in [1.29, 1.82) is 0 Å². The van der Waals surface area contributed by atoms with Crippen molar-refractivity contribution in [2.45, 2.75) is 6.54 Å². The van der Waals surface area contributed by atoms with Crippen LogP contribution in [0.15, 0.2) is 30.3 Å². The van der Waals surface area contributed by atoms with Crippen LogP contribution in [0.4, 0.5) is 13.2 Å². The van der Waals surface area contributed by atoms with Crippen molar-refractivity contribution in [3.05, 3.63) is 69.0 Å². The van der Waals surface area contributed by atoms with Crippen LogP contribution in [0.5, 0.6) is 0 Å². The highest BCUT2D eigenvalue weighted by molar-refractivity contribution is 6.39. The molecular weight excluding hydrogens is 338 g/mol. The third-order valence-corrected chi connectivity index (χ3v) is 3.42. The van der Waals surface area contributed by atoms with Crippen LogP contribution in [0.1, 0.15) is 15.9 Å². The zero-order valence-corrected chi connectivity index (χ0v) is 12.6. The zero-order valence-electron chi connectivity index (χ0n) is 11.1. The van der Waals surface area contributed by atoms with Crippen LogP contribution in [0.2, 0.25) is 10.0 Å². The van der Waals surface area contributed by atoms with E-state index in [1.165, 1.54) is 0 Å². The maximum absolute atomic E-state index is 13.1. The maximum Gasteiger partial charge on any atom is 0.179 e. The molecule has 1 N–H and O–H groups in total. The number of carbonyl (C=O) groups is 1. The molecule has 2 nitrogen and oxygen atoms in total. The van der Waals surface area contributed by atoms with Crippen LogP contribution >= 0.6 is 23.2 Å². The fraction of sp³-hybridized carbons (Fsp3) is 0.133. The molecule has 0 unspecified atom stereocenters. The van der Waals surface area contributed by atoms with Gasteiger partial charge in [-0.15, -0.1) is 0 Å². The van der Waals surface area contributed by atoms with Gasteiger partial charge in [0.25, 0.3) is 0 Å². The Morgan fingerprint density at radius 1 is 0.909 bits per heavy atom. The lowest BCUT2D eigenvalue weighted by Gasteiger charge is -2.08. The molecule has 22 heavy (non-hydrogen) atoms. The monoisotopic (exact) mass is 347 g/mol. The van der Waals surface area contributed by atoms with Crippen LogP contribution < -0.4 is 5.32 Å². The number of halogens is 5. The summed E-state index contributed by atoms with van der Waals surface area (Å²) in [4.78, 5) is 12.0. The van der Waals surface area contributed by atoms with Gasteiger partial charge in [0.15, 0.2) is 5.78 Å². The molecule has 7 heteroatoms. The second-order valence-corrected chi connectivity index (χ2v) is 5.36. The minimum absolute atomic E-state index is 0.00246. The summed E-state index contributed by atoms with van der Waals surface area (Å²) in [6.07, 6.45) is 0. The third kappa shape index (κ3) is 4.22. The van der Waals surface area contributed by atoms with Crippen LogP contribution in [-0.2, 0) is 6.54 Å². The van der Waals surface area contributed by atoms with E-state index in [1.54, 1.807) is 0 Å². The summed E-state index contributed by atoms with van der Waals surface area (Å²) in [5, 5.41) is 2.55. The van der Waals surface area contributed by atoms with Crippen LogP contribution in [-0.4, -0.2) is 12.3 Å². The van der Waals surface area contributed by atoms with E-state index in [2.05, 4.69) is 5.32 Å². The minimum Gasteiger partial charge on any atom is -0.306 e. The fourth-order valence-corrected chi connectivity index (χ4v) is 2.60. The van der Waals surface area contributed by atoms with E-state index < -0.39 is 23.2 Å². The number of hydrogen-bond donors (Lipinski definition) is 1. The summed E-state index contributed by atoms with van der Waals surface area (Å²) >= 11 is 11.6. The van der Waals surface area contributed by atoms with E-state index >= 15 is 0 Å². The van der Waals surface area contributed by atoms with E-state index in [0.29, 0.717) is 5.56 Å². The Labute approximate surface area is 134 Å². The van der Waals surface area contributed by atoms with Crippen molar-refractivity contribution in [3.63, 3.8) is 0 Å². The van der Waals surface area contributed by atoms with Crippen molar-refractivity contribution in [2.75, 3.05) is 6.54 Å². The smallest absolute Gasteiger partial charge is 0.179 e. The van der Waals surface area contributed by atoms with Crippen LogP contribution in [0, 0.1) is 17.5 Å². The highest BCUT2D eigenvalue weighted by Crippen LogP contribution is 2.26. The van der Waals surface area contributed by atoms with Gasteiger partial charge in [0.1, 0.15) is 17.5 Å². The number of benzene rings is 2. The molecule has 0 aliphatic heterocycles. The Morgan fingerprint density at radius 2 is 1.41 bits per heavy atom. The number of carbonyl (C=O) groups excluding carboxylic acids is 1.